The third-order valence-corrected chi connectivity index (χ3v) is 4.09. The van der Waals surface area contributed by atoms with E-state index in [1.165, 1.54) is 16.9 Å². The molecule has 96 valence electrons. The number of benzene rings is 1. The Morgan fingerprint density at radius 1 is 1.16 bits per heavy atom. The summed E-state index contributed by atoms with van der Waals surface area (Å²) in [6.45, 7) is 1.06. The first-order valence-electron chi connectivity index (χ1n) is 6.26. The number of Topliss-reactive ketones (excluding diaryl/α,β-unsaturated/α-hetero) is 1. The van der Waals surface area contributed by atoms with E-state index >= 15 is 0 Å². The molecule has 1 aliphatic heterocycles. The van der Waals surface area contributed by atoms with Crippen molar-refractivity contribution in [2.45, 2.75) is 5.92 Å². The highest BCUT2D eigenvalue weighted by Gasteiger charge is 2.21. The predicted octanol–water partition coefficient (Wildman–Crippen LogP) is 3.67. The molecule has 0 aliphatic carbocycles. The zero-order valence-electron chi connectivity index (χ0n) is 10.4. The summed E-state index contributed by atoms with van der Waals surface area (Å²) >= 11 is 1.48. The van der Waals surface area contributed by atoms with E-state index in [2.05, 4.69) is 18.2 Å². The SMILES string of the molecule is O=C(C1=CC(c2ccccc2)COC1)c1cccs1. The van der Waals surface area contributed by atoms with E-state index in [4.69, 9.17) is 4.74 Å². The first kappa shape index (κ1) is 12.3. The fraction of sp³-hybridized carbons (Fsp3) is 0.188. The van der Waals surface area contributed by atoms with Gasteiger partial charge in [0.2, 0.25) is 5.78 Å². The van der Waals surface area contributed by atoms with Crippen molar-refractivity contribution in [1.29, 1.82) is 0 Å². The van der Waals surface area contributed by atoms with Gasteiger partial charge in [0.05, 0.1) is 18.1 Å². The number of thiophene rings is 1. The summed E-state index contributed by atoms with van der Waals surface area (Å²) in [6.07, 6.45) is 2.06. The van der Waals surface area contributed by atoms with Crippen molar-refractivity contribution in [1.82, 2.24) is 0 Å². The topological polar surface area (TPSA) is 26.3 Å². The summed E-state index contributed by atoms with van der Waals surface area (Å²) in [6, 6.07) is 13.9. The second-order valence-corrected chi connectivity index (χ2v) is 5.48. The molecule has 3 rings (SSSR count). The molecule has 1 aromatic carbocycles. The van der Waals surface area contributed by atoms with Gasteiger partial charge in [0.1, 0.15) is 0 Å². The molecule has 2 aromatic rings. The lowest BCUT2D eigenvalue weighted by Gasteiger charge is -2.21. The van der Waals surface area contributed by atoms with Gasteiger partial charge >= 0.3 is 0 Å². The van der Waals surface area contributed by atoms with Crippen LogP contribution < -0.4 is 0 Å². The quantitative estimate of drug-likeness (QED) is 0.795. The molecular formula is C16H14O2S. The van der Waals surface area contributed by atoms with Gasteiger partial charge in [-0.15, -0.1) is 11.3 Å². The maximum atomic E-state index is 12.3. The van der Waals surface area contributed by atoms with Crippen molar-refractivity contribution >= 4 is 17.1 Å². The lowest BCUT2D eigenvalue weighted by Crippen LogP contribution is -2.19. The Morgan fingerprint density at radius 3 is 2.74 bits per heavy atom. The Balaban J connectivity index is 1.86. The van der Waals surface area contributed by atoms with Gasteiger partial charge in [-0.2, -0.15) is 0 Å². The molecule has 19 heavy (non-hydrogen) atoms. The molecule has 0 saturated heterocycles. The van der Waals surface area contributed by atoms with Crippen molar-refractivity contribution in [3.05, 3.63) is 69.9 Å². The van der Waals surface area contributed by atoms with Crippen LogP contribution in [-0.4, -0.2) is 19.0 Å². The van der Waals surface area contributed by atoms with Crippen LogP contribution in [0.25, 0.3) is 0 Å². The molecule has 0 radical (unpaired) electrons. The molecule has 2 nitrogen and oxygen atoms in total. The lowest BCUT2D eigenvalue weighted by atomic mass is 9.94. The van der Waals surface area contributed by atoms with E-state index in [9.17, 15) is 4.79 Å². The highest BCUT2D eigenvalue weighted by Crippen LogP contribution is 2.25. The molecule has 1 aliphatic rings. The third-order valence-electron chi connectivity index (χ3n) is 3.22. The average Bonchev–Trinajstić information content (AvgIpc) is 3.02. The second-order valence-electron chi connectivity index (χ2n) is 4.53. The van der Waals surface area contributed by atoms with Crippen LogP contribution in [0, 0.1) is 0 Å². The maximum Gasteiger partial charge on any atom is 0.200 e. The number of hydrogen-bond donors (Lipinski definition) is 0. The number of hydrogen-bond acceptors (Lipinski definition) is 3. The molecular weight excluding hydrogens is 256 g/mol. The normalized spacial score (nSPS) is 18.9. The van der Waals surface area contributed by atoms with Crippen molar-refractivity contribution < 1.29 is 9.53 Å². The predicted molar refractivity (Wildman–Crippen MR) is 76.7 cm³/mol. The van der Waals surface area contributed by atoms with Gasteiger partial charge in [-0.1, -0.05) is 42.5 Å². The first-order valence-corrected chi connectivity index (χ1v) is 7.14. The Labute approximate surface area is 116 Å². The molecule has 2 heterocycles. The summed E-state index contributed by atoms with van der Waals surface area (Å²) in [5.74, 6) is 0.268. The van der Waals surface area contributed by atoms with Crippen LogP contribution in [0.2, 0.25) is 0 Å². The minimum Gasteiger partial charge on any atom is -0.376 e. The summed E-state index contributed by atoms with van der Waals surface area (Å²) in [5.41, 5.74) is 1.96. The summed E-state index contributed by atoms with van der Waals surface area (Å²) in [7, 11) is 0. The van der Waals surface area contributed by atoms with Crippen molar-refractivity contribution in [2.24, 2.45) is 0 Å². The Hall–Kier alpha value is -1.71. The zero-order chi connectivity index (χ0) is 13.1. The van der Waals surface area contributed by atoms with E-state index in [0.29, 0.717) is 13.2 Å². The van der Waals surface area contributed by atoms with Crippen LogP contribution in [0.5, 0.6) is 0 Å². The number of carbonyl (C=O) groups is 1. The van der Waals surface area contributed by atoms with Gasteiger partial charge in [0.25, 0.3) is 0 Å². The van der Waals surface area contributed by atoms with E-state index in [-0.39, 0.29) is 11.7 Å². The molecule has 0 bridgehead atoms. The molecule has 0 amide bonds. The Morgan fingerprint density at radius 2 is 2.00 bits per heavy atom. The van der Waals surface area contributed by atoms with Crippen LogP contribution >= 0.6 is 11.3 Å². The van der Waals surface area contributed by atoms with E-state index in [1.54, 1.807) is 0 Å². The number of ether oxygens (including phenoxy) is 1. The van der Waals surface area contributed by atoms with Gasteiger partial charge in [-0.3, -0.25) is 4.79 Å². The number of rotatable bonds is 3. The molecule has 1 atom stereocenters. The molecule has 1 aromatic heterocycles. The molecule has 0 N–H and O–H groups in total. The molecule has 0 fully saturated rings. The van der Waals surface area contributed by atoms with Gasteiger partial charge in [-0.05, 0) is 17.0 Å². The lowest BCUT2D eigenvalue weighted by molar-refractivity contribution is 0.0954. The van der Waals surface area contributed by atoms with Gasteiger partial charge in [0, 0.05) is 11.5 Å². The van der Waals surface area contributed by atoms with Crippen LogP contribution in [0.4, 0.5) is 0 Å². The molecule has 1 unspecified atom stereocenters. The summed E-state index contributed by atoms with van der Waals surface area (Å²) in [5, 5.41) is 1.92. The standard InChI is InChI=1S/C16H14O2S/c17-16(15-7-4-8-19-15)14-9-13(10-18-11-14)12-5-2-1-3-6-12/h1-9,13H,10-11H2. The largest absolute Gasteiger partial charge is 0.376 e. The summed E-state index contributed by atoms with van der Waals surface area (Å²) < 4.78 is 5.58. The third kappa shape index (κ3) is 2.67. The summed E-state index contributed by atoms with van der Waals surface area (Å²) in [4.78, 5) is 13.1. The number of carbonyl (C=O) groups excluding carboxylic acids is 1. The Kier molecular flexibility index (Phi) is 3.58. The van der Waals surface area contributed by atoms with Crippen molar-refractivity contribution in [3.63, 3.8) is 0 Å². The first-order chi connectivity index (χ1) is 9.34. The fourth-order valence-electron chi connectivity index (χ4n) is 2.23. The molecule has 0 spiro atoms. The van der Waals surface area contributed by atoms with Crippen LogP contribution in [0.15, 0.2) is 59.5 Å². The minimum absolute atomic E-state index is 0.0932. The van der Waals surface area contributed by atoms with Gasteiger partial charge < -0.3 is 4.74 Å². The van der Waals surface area contributed by atoms with E-state index < -0.39 is 0 Å². The minimum atomic E-state index is 0.0932. The zero-order valence-corrected chi connectivity index (χ0v) is 11.2. The van der Waals surface area contributed by atoms with Crippen LogP contribution in [0.3, 0.4) is 0 Å². The van der Waals surface area contributed by atoms with Crippen molar-refractivity contribution in [2.75, 3.05) is 13.2 Å². The van der Waals surface area contributed by atoms with Crippen LogP contribution in [-0.2, 0) is 4.74 Å². The number of ketones is 1. The fourth-order valence-corrected chi connectivity index (χ4v) is 2.93. The smallest absolute Gasteiger partial charge is 0.200 e. The highest BCUT2D eigenvalue weighted by atomic mass is 32.1. The highest BCUT2D eigenvalue weighted by molar-refractivity contribution is 7.12. The monoisotopic (exact) mass is 270 g/mol. The van der Waals surface area contributed by atoms with Gasteiger partial charge in [0.15, 0.2) is 0 Å². The Bertz CT molecular complexity index is 584. The molecule has 0 saturated carbocycles. The van der Waals surface area contributed by atoms with Gasteiger partial charge in [-0.25, -0.2) is 0 Å². The van der Waals surface area contributed by atoms with E-state index in [0.717, 1.165) is 10.5 Å². The molecule has 3 heteroatoms. The second kappa shape index (κ2) is 5.51. The average molecular weight is 270 g/mol. The van der Waals surface area contributed by atoms with E-state index in [1.807, 2.05) is 35.7 Å². The maximum absolute atomic E-state index is 12.3. The van der Waals surface area contributed by atoms with Crippen LogP contribution in [0.1, 0.15) is 21.2 Å². The van der Waals surface area contributed by atoms with Crippen molar-refractivity contribution in [3.8, 4) is 0 Å².